The number of rotatable bonds is 3. The largest absolute Gasteiger partial charge is 0.361 e. The van der Waals surface area contributed by atoms with Crippen LogP contribution in [-0.4, -0.2) is 38.6 Å². The SMILES string of the molecule is Cc1cc(C(=O)N2CCC(Cn3cnc(C)c(C)c3=O)CC2)no1. The van der Waals surface area contributed by atoms with Crippen LogP contribution in [0.15, 0.2) is 21.7 Å². The highest BCUT2D eigenvalue weighted by molar-refractivity contribution is 5.92. The summed E-state index contributed by atoms with van der Waals surface area (Å²) >= 11 is 0. The number of hydrogen-bond donors (Lipinski definition) is 0. The van der Waals surface area contributed by atoms with Crippen molar-refractivity contribution < 1.29 is 9.32 Å². The number of hydrogen-bond acceptors (Lipinski definition) is 5. The van der Waals surface area contributed by atoms with Crippen LogP contribution in [0.25, 0.3) is 0 Å². The smallest absolute Gasteiger partial charge is 0.276 e. The van der Waals surface area contributed by atoms with Crippen molar-refractivity contribution in [2.75, 3.05) is 13.1 Å². The molecule has 1 amide bonds. The highest BCUT2D eigenvalue weighted by Gasteiger charge is 2.26. The van der Waals surface area contributed by atoms with Crippen LogP contribution in [0.2, 0.25) is 0 Å². The van der Waals surface area contributed by atoms with E-state index >= 15 is 0 Å². The summed E-state index contributed by atoms with van der Waals surface area (Å²) < 4.78 is 6.65. The molecule has 128 valence electrons. The Bertz CT molecular complexity index is 800. The van der Waals surface area contributed by atoms with E-state index in [-0.39, 0.29) is 11.5 Å². The zero-order valence-electron chi connectivity index (χ0n) is 14.3. The lowest BCUT2D eigenvalue weighted by Gasteiger charge is -2.31. The van der Waals surface area contributed by atoms with Crippen LogP contribution in [0.5, 0.6) is 0 Å². The Morgan fingerprint density at radius 1 is 1.29 bits per heavy atom. The Balaban J connectivity index is 1.60. The van der Waals surface area contributed by atoms with Crippen molar-refractivity contribution in [3.05, 3.63) is 45.5 Å². The average molecular weight is 330 g/mol. The standard InChI is InChI=1S/C17H22N4O3/c1-11-8-15(19-24-11)17(23)20-6-4-14(5-7-20)9-21-10-18-13(3)12(2)16(21)22/h8,10,14H,4-7,9H2,1-3H3. The van der Waals surface area contributed by atoms with E-state index in [1.165, 1.54) is 0 Å². The number of nitrogens with zero attached hydrogens (tertiary/aromatic N) is 4. The van der Waals surface area contributed by atoms with Gasteiger partial charge in [-0.3, -0.25) is 14.2 Å². The van der Waals surface area contributed by atoms with Gasteiger partial charge in [0.1, 0.15) is 5.76 Å². The molecule has 0 radical (unpaired) electrons. The van der Waals surface area contributed by atoms with Crippen LogP contribution in [0.3, 0.4) is 0 Å². The molecule has 0 saturated carbocycles. The Hall–Kier alpha value is -2.44. The van der Waals surface area contributed by atoms with E-state index < -0.39 is 0 Å². The first kappa shape index (κ1) is 16.4. The van der Waals surface area contributed by atoms with Gasteiger partial charge in [-0.15, -0.1) is 0 Å². The first-order valence-electron chi connectivity index (χ1n) is 8.21. The molecule has 1 saturated heterocycles. The van der Waals surface area contributed by atoms with Gasteiger partial charge in [0.2, 0.25) is 0 Å². The fraction of sp³-hybridized carbons (Fsp3) is 0.529. The number of piperidine rings is 1. The van der Waals surface area contributed by atoms with Crippen LogP contribution in [0.4, 0.5) is 0 Å². The van der Waals surface area contributed by atoms with Crippen molar-refractivity contribution in [3.8, 4) is 0 Å². The molecule has 1 fully saturated rings. The van der Waals surface area contributed by atoms with Crippen molar-refractivity contribution in [2.24, 2.45) is 5.92 Å². The molecule has 0 aliphatic carbocycles. The van der Waals surface area contributed by atoms with Gasteiger partial charge in [-0.25, -0.2) is 4.98 Å². The molecule has 2 aromatic heterocycles. The van der Waals surface area contributed by atoms with E-state index in [4.69, 9.17) is 4.52 Å². The van der Waals surface area contributed by atoms with E-state index in [9.17, 15) is 9.59 Å². The zero-order valence-corrected chi connectivity index (χ0v) is 14.3. The third-order valence-electron chi connectivity index (χ3n) is 4.72. The number of amides is 1. The molecule has 1 aliphatic rings. The van der Waals surface area contributed by atoms with Crippen molar-refractivity contribution >= 4 is 5.91 Å². The number of aryl methyl sites for hydroxylation is 2. The minimum atomic E-state index is -0.0877. The Kier molecular flexibility index (Phi) is 4.51. The highest BCUT2D eigenvalue weighted by Crippen LogP contribution is 2.20. The van der Waals surface area contributed by atoms with Crippen LogP contribution in [0.1, 0.15) is 40.3 Å². The van der Waals surface area contributed by atoms with E-state index in [0.717, 1.165) is 18.5 Å². The third-order valence-corrected chi connectivity index (χ3v) is 4.72. The van der Waals surface area contributed by atoms with Crippen LogP contribution < -0.4 is 5.56 Å². The maximum atomic E-state index is 12.4. The lowest BCUT2D eigenvalue weighted by Crippen LogP contribution is -2.40. The molecule has 24 heavy (non-hydrogen) atoms. The summed E-state index contributed by atoms with van der Waals surface area (Å²) in [5.74, 6) is 0.917. The number of carbonyl (C=O) groups excluding carboxylic acids is 1. The third kappa shape index (κ3) is 3.25. The van der Waals surface area contributed by atoms with Crippen LogP contribution >= 0.6 is 0 Å². The monoisotopic (exact) mass is 330 g/mol. The topological polar surface area (TPSA) is 81.2 Å². The predicted octanol–water partition coefficient (Wildman–Crippen LogP) is 1.71. The maximum Gasteiger partial charge on any atom is 0.276 e. The number of aromatic nitrogens is 3. The van der Waals surface area contributed by atoms with E-state index in [0.29, 0.717) is 42.6 Å². The fourth-order valence-electron chi connectivity index (χ4n) is 3.03. The van der Waals surface area contributed by atoms with Crippen molar-refractivity contribution in [1.29, 1.82) is 0 Å². The Morgan fingerprint density at radius 3 is 2.62 bits per heavy atom. The summed E-state index contributed by atoms with van der Waals surface area (Å²) in [6.07, 6.45) is 3.35. The lowest BCUT2D eigenvalue weighted by molar-refractivity contribution is 0.0672. The molecule has 3 rings (SSSR count). The predicted molar refractivity (Wildman–Crippen MR) is 87.8 cm³/mol. The van der Waals surface area contributed by atoms with Gasteiger partial charge in [0.15, 0.2) is 5.69 Å². The van der Waals surface area contributed by atoms with Gasteiger partial charge < -0.3 is 9.42 Å². The maximum absolute atomic E-state index is 12.4. The summed E-state index contributed by atoms with van der Waals surface area (Å²) in [6, 6.07) is 1.66. The molecular formula is C17H22N4O3. The Morgan fingerprint density at radius 2 is 2.00 bits per heavy atom. The van der Waals surface area contributed by atoms with Crippen molar-refractivity contribution in [1.82, 2.24) is 19.6 Å². The minimum absolute atomic E-state index is 0.0269. The van der Waals surface area contributed by atoms with Crippen LogP contribution in [-0.2, 0) is 6.54 Å². The van der Waals surface area contributed by atoms with E-state index in [2.05, 4.69) is 10.1 Å². The minimum Gasteiger partial charge on any atom is -0.361 e. The second-order valence-corrected chi connectivity index (χ2v) is 6.47. The van der Waals surface area contributed by atoms with Crippen molar-refractivity contribution in [3.63, 3.8) is 0 Å². The van der Waals surface area contributed by atoms with Gasteiger partial charge in [-0.2, -0.15) is 0 Å². The van der Waals surface area contributed by atoms with Crippen molar-refractivity contribution in [2.45, 2.75) is 40.2 Å². The van der Waals surface area contributed by atoms with Gasteiger partial charge in [0.05, 0.1) is 6.33 Å². The first-order chi connectivity index (χ1) is 11.5. The molecule has 0 spiro atoms. The van der Waals surface area contributed by atoms with Gasteiger partial charge in [-0.1, -0.05) is 5.16 Å². The fourth-order valence-corrected chi connectivity index (χ4v) is 3.03. The molecule has 0 unspecified atom stereocenters. The van der Waals surface area contributed by atoms with Gasteiger partial charge in [-0.05, 0) is 39.5 Å². The van der Waals surface area contributed by atoms with Gasteiger partial charge in [0, 0.05) is 37.0 Å². The van der Waals surface area contributed by atoms with E-state index in [1.54, 1.807) is 28.8 Å². The summed E-state index contributed by atoms with van der Waals surface area (Å²) in [5.41, 5.74) is 1.87. The van der Waals surface area contributed by atoms with E-state index in [1.807, 2.05) is 13.8 Å². The first-order valence-corrected chi connectivity index (χ1v) is 8.21. The zero-order chi connectivity index (χ0) is 17.3. The van der Waals surface area contributed by atoms with Gasteiger partial charge >= 0.3 is 0 Å². The molecule has 0 N–H and O–H groups in total. The second kappa shape index (κ2) is 6.59. The Labute approximate surface area is 140 Å². The second-order valence-electron chi connectivity index (χ2n) is 6.47. The molecular weight excluding hydrogens is 308 g/mol. The summed E-state index contributed by atoms with van der Waals surface area (Å²) in [5, 5.41) is 3.79. The average Bonchev–Trinajstić information content (AvgIpc) is 3.02. The molecule has 7 nitrogen and oxygen atoms in total. The molecule has 2 aromatic rings. The molecule has 1 aliphatic heterocycles. The molecule has 0 aromatic carbocycles. The summed E-state index contributed by atoms with van der Waals surface area (Å²) in [6.45, 7) is 7.41. The number of likely N-dealkylation sites (tertiary alicyclic amines) is 1. The summed E-state index contributed by atoms with van der Waals surface area (Å²) in [7, 11) is 0. The normalized spacial score (nSPS) is 15.7. The highest BCUT2D eigenvalue weighted by atomic mass is 16.5. The quantitative estimate of drug-likeness (QED) is 0.856. The summed E-state index contributed by atoms with van der Waals surface area (Å²) in [4.78, 5) is 30.7. The molecule has 0 atom stereocenters. The lowest BCUT2D eigenvalue weighted by atomic mass is 9.96. The molecule has 0 bridgehead atoms. The van der Waals surface area contributed by atoms with Gasteiger partial charge in [0.25, 0.3) is 11.5 Å². The number of carbonyl (C=O) groups is 1. The molecule has 7 heteroatoms. The molecule has 3 heterocycles. The van der Waals surface area contributed by atoms with Crippen LogP contribution in [0, 0.1) is 26.7 Å².